The second-order valence-corrected chi connectivity index (χ2v) is 6.27. The molecule has 0 spiro atoms. The van der Waals surface area contributed by atoms with E-state index in [1.54, 1.807) is 0 Å². The summed E-state index contributed by atoms with van der Waals surface area (Å²) in [4.78, 5) is 4.84. The third kappa shape index (κ3) is 2.70. The predicted octanol–water partition coefficient (Wildman–Crippen LogP) is 3.05. The van der Waals surface area contributed by atoms with Gasteiger partial charge in [-0.1, -0.05) is 0 Å². The van der Waals surface area contributed by atoms with Crippen LogP contribution in [0.15, 0.2) is 29.3 Å². The van der Waals surface area contributed by atoms with Gasteiger partial charge in [0.2, 0.25) is 0 Å². The van der Waals surface area contributed by atoms with E-state index in [1.807, 2.05) is 0 Å². The Morgan fingerprint density at radius 3 is 2.73 bits per heavy atom. The Bertz CT molecular complexity index is 353. The molecule has 0 aliphatic carbocycles. The summed E-state index contributed by atoms with van der Waals surface area (Å²) >= 11 is 0.598. The fourth-order valence-corrected chi connectivity index (χ4v) is 4.04. The minimum atomic E-state index is 0.580. The summed E-state index contributed by atoms with van der Waals surface area (Å²) in [6.07, 6.45) is 2.48. The first-order valence-corrected chi connectivity index (χ1v) is 7.64. The molecule has 1 aromatic carbocycles. The molecule has 0 aromatic heterocycles. The van der Waals surface area contributed by atoms with Crippen molar-refractivity contribution >= 4 is 19.6 Å². The number of hydrogen-bond donors (Lipinski definition) is 0. The van der Waals surface area contributed by atoms with Gasteiger partial charge in [0.25, 0.3) is 0 Å². The molecule has 1 heterocycles. The standard InChI is InChI=1S/C13H17NSe/c1-3-12-8-9-15-13(14-12)11-6-4-10(2)5-7-11/h4-7,12H,3,8-9H2,1-2H3. The zero-order valence-corrected chi connectivity index (χ0v) is 11.1. The van der Waals surface area contributed by atoms with Crippen LogP contribution in [0.4, 0.5) is 0 Å². The molecule has 2 heteroatoms. The van der Waals surface area contributed by atoms with Gasteiger partial charge in [-0.2, -0.15) is 0 Å². The Labute approximate surface area is 98.2 Å². The zero-order chi connectivity index (χ0) is 10.7. The van der Waals surface area contributed by atoms with E-state index < -0.39 is 0 Å². The molecule has 1 nitrogen and oxygen atoms in total. The van der Waals surface area contributed by atoms with Crippen molar-refractivity contribution in [3.63, 3.8) is 0 Å². The van der Waals surface area contributed by atoms with Crippen LogP contribution in [-0.4, -0.2) is 25.6 Å². The average molecular weight is 266 g/mol. The summed E-state index contributed by atoms with van der Waals surface area (Å²) in [7, 11) is 0. The zero-order valence-electron chi connectivity index (χ0n) is 9.36. The van der Waals surface area contributed by atoms with Crippen molar-refractivity contribution in [3.05, 3.63) is 35.4 Å². The first kappa shape index (κ1) is 10.9. The fourth-order valence-electron chi connectivity index (χ4n) is 1.71. The van der Waals surface area contributed by atoms with Crippen molar-refractivity contribution in [2.45, 2.75) is 38.1 Å². The maximum absolute atomic E-state index is 4.84. The van der Waals surface area contributed by atoms with Crippen LogP contribution in [0.3, 0.4) is 0 Å². The number of benzene rings is 1. The van der Waals surface area contributed by atoms with Gasteiger partial charge in [0.05, 0.1) is 0 Å². The molecule has 80 valence electrons. The minimum absolute atomic E-state index is 0.580. The van der Waals surface area contributed by atoms with Gasteiger partial charge in [-0.3, -0.25) is 0 Å². The van der Waals surface area contributed by atoms with Crippen LogP contribution in [0.1, 0.15) is 30.9 Å². The average Bonchev–Trinajstić information content (AvgIpc) is 2.30. The number of aryl methyl sites for hydroxylation is 1. The van der Waals surface area contributed by atoms with Crippen molar-refractivity contribution in [3.8, 4) is 0 Å². The molecule has 0 bridgehead atoms. The Morgan fingerprint density at radius 2 is 2.07 bits per heavy atom. The normalized spacial score (nSPS) is 21.2. The van der Waals surface area contributed by atoms with E-state index in [-0.39, 0.29) is 0 Å². The van der Waals surface area contributed by atoms with E-state index in [4.69, 9.17) is 4.99 Å². The van der Waals surface area contributed by atoms with Crippen LogP contribution >= 0.6 is 0 Å². The second-order valence-electron chi connectivity index (χ2n) is 4.00. The molecule has 1 aliphatic heterocycles. The van der Waals surface area contributed by atoms with E-state index in [2.05, 4.69) is 38.1 Å². The molecule has 15 heavy (non-hydrogen) atoms. The van der Waals surface area contributed by atoms with Gasteiger partial charge in [0, 0.05) is 0 Å². The SMILES string of the molecule is CCC1CC[Se]C(c2ccc(C)cc2)=N1. The topological polar surface area (TPSA) is 12.4 Å². The van der Waals surface area contributed by atoms with Gasteiger partial charge in [0.1, 0.15) is 0 Å². The molecule has 0 saturated carbocycles. The Kier molecular flexibility index (Phi) is 3.61. The van der Waals surface area contributed by atoms with Crippen LogP contribution in [0.25, 0.3) is 0 Å². The molecular weight excluding hydrogens is 249 g/mol. The van der Waals surface area contributed by atoms with Crippen molar-refractivity contribution in [1.82, 2.24) is 0 Å². The van der Waals surface area contributed by atoms with Gasteiger partial charge < -0.3 is 0 Å². The fraction of sp³-hybridized carbons (Fsp3) is 0.462. The summed E-state index contributed by atoms with van der Waals surface area (Å²) in [6, 6.07) is 9.38. The Balaban J connectivity index is 2.22. The van der Waals surface area contributed by atoms with Crippen LogP contribution < -0.4 is 0 Å². The quantitative estimate of drug-likeness (QED) is 0.730. The molecule has 0 amide bonds. The summed E-state index contributed by atoms with van der Waals surface area (Å²) < 4.78 is 1.38. The van der Waals surface area contributed by atoms with E-state index in [0.717, 1.165) is 0 Å². The summed E-state index contributed by atoms with van der Waals surface area (Å²) in [5.74, 6) is 0. The van der Waals surface area contributed by atoms with Crippen molar-refractivity contribution in [1.29, 1.82) is 0 Å². The summed E-state index contributed by atoms with van der Waals surface area (Å²) in [5.41, 5.74) is 2.67. The van der Waals surface area contributed by atoms with E-state index in [1.165, 1.54) is 33.9 Å². The van der Waals surface area contributed by atoms with Crippen molar-refractivity contribution < 1.29 is 0 Å². The van der Waals surface area contributed by atoms with Crippen LogP contribution in [-0.2, 0) is 0 Å². The first-order chi connectivity index (χ1) is 7.29. The van der Waals surface area contributed by atoms with Crippen molar-refractivity contribution in [2.75, 3.05) is 0 Å². The summed E-state index contributed by atoms with van der Waals surface area (Å²) in [5, 5.41) is 1.36. The molecule has 1 unspecified atom stereocenters. The maximum atomic E-state index is 4.84. The molecule has 0 fully saturated rings. The number of nitrogens with zero attached hydrogens (tertiary/aromatic N) is 1. The molecule has 0 saturated heterocycles. The van der Waals surface area contributed by atoms with Gasteiger partial charge >= 0.3 is 98.0 Å². The monoisotopic (exact) mass is 267 g/mol. The molecule has 0 radical (unpaired) electrons. The number of hydrogen-bond acceptors (Lipinski definition) is 1. The molecule has 2 rings (SSSR count). The molecule has 1 aromatic rings. The van der Waals surface area contributed by atoms with Gasteiger partial charge in [-0.15, -0.1) is 0 Å². The van der Waals surface area contributed by atoms with Crippen LogP contribution in [0.5, 0.6) is 0 Å². The number of rotatable bonds is 2. The third-order valence-corrected chi connectivity index (χ3v) is 4.97. The second kappa shape index (κ2) is 4.96. The van der Waals surface area contributed by atoms with Gasteiger partial charge in [-0.05, 0) is 0 Å². The molecule has 1 atom stereocenters. The Hall–Kier alpha value is -0.591. The molecule has 0 N–H and O–H groups in total. The predicted molar refractivity (Wildman–Crippen MR) is 67.0 cm³/mol. The molecule has 1 aliphatic rings. The van der Waals surface area contributed by atoms with Crippen LogP contribution in [0.2, 0.25) is 5.32 Å². The number of aliphatic imine (C=N–C) groups is 1. The van der Waals surface area contributed by atoms with Crippen molar-refractivity contribution in [2.24, 2.45) is 4.99 Å². The van der Waals surface area contributed by atoms with E-state index in [0.29, 0.717) is 21.0 Å². The third-order valence-electron chi connectivity index (χ3n) is 2.76. The Morgan fingerprint density at radius 1 is 1.33 bits per heavy atom. The molecular formula is C13H17NSe. The van der Waals surface area contributed by atoms with E-state index >= 15 is 0 Å². The van der Waals surface area contributed by atoms with Crippen LogP contribution in [0, 0.1) is 6.92 Å². The van der Waals surface area contributed by atoms with E-state index in [9.17, 15) is 0 Å². The van der Waals surface area contributed by atoms with Gasteiger partial charge in [0.15, 0.2) is 0 Å². The summed E-state index contributed by atoms with van der Waals surface area (Å²) in [6.45, 7) is 4.37. The first-order valence-electron chi connectivity index (χ1n) is 5.57. The van der Waals surface area contributed by atoms with Gasteiger partial charge in [-0.25, -0.2) is 0 Å².